The number of aromatic nitrogens is 4. The fourth-order valence-electron chi connectivity index (χ4n) is 4.13. The molecule has 0 atom stereocenters. The molecular formula is C26H30ClN5O3S. The van der Waals surface area contributed by atoms with Crippen molar-refractivity contribution in [3.63, 3.8) is 0 Å². The first-order chi connectivity index (χ1) is 16.9. The van der Waals surface area contributed by atoms with E-state index in [9.17, 15) is 9.90 Å². The van der Waals surface area contributed by atoms with Gasteiger partial charge in [0.15, 0.2) is 11.0 Å². The average molecular weight is 528 g/mol. The molecule has 8 nitrogen and oxygen atoms in total. The molecule has 3 heterocycles. The van der Waals surface area contributed by atoms with Crippen molar-refractivity contribution in [3.05, 3.63) is 58.1 Å². The highest BCUT2D eigenvalue weighted by Gasteiger charge is 2.24. The zero-order valence-corrected chi connectivity index (χ0v) is 22.6. The Hall–Kier alpha value is -3.01. The number of hydrogen-bond donors (Lipinski definition) is 2. The number of hydrogen-bond acceptors (Lipinski definition) is 7. The topological polar surface area (TPSA) is 104 Å². The van der Waals surface area contributed by atoms with Crippen molar-refractivity contribution in [2.24, 2.45) is 0 Å². The van der Waals surface area contributed by atoms with E-state index in [1.807, 2.05) is 44.2 Å². The third kappa shape index (κ3) is 5.86. The molecule has 0 fully saturated rings. The van der Waals surface area contributed by atoms with Crippen molar-refractivity contribution in [2.75, 3.05) is 11.4 Å². The summed E-state index contributed by atoms with van der Waals surface area (Å²) in [6.07, 6.45) is -0.0426. The molecule has 5 rings (SSSR count). The Balaban J connectivity index is 0.000000556. The van der Waals surface area contributed by atoms with E-state index in [1.54, 1.807) is 32.1 Å². The van der Waals surface area contributed by atoms with Crippen molar-refractivity contribution < 1.29 is 15.0 Å². The van der Waals surface area contributed by atoms with Crippen LogP contribution in [0.4, 0.5) is 5.13 Å². The molecule has 0 amide bonds. The van der Waals surface area contributed by atoms with Crippen LogP contribution in [-0.2, 0) is 24.3 Å². The van der Waals surface area contributed by atoms with E-state index in [0.29, 0.717) is 11.6 Å². The van der Waals surface area contributed by atoms with Gasteiger partial charge in [0.2, 0.25) is 0 Å². The largest absolute Gasteiger partial charge is 0.481 e. The minimum Gasteiger partial charge on any atom is -0.481 e. The number of thiazole rings is 1. The Kier molecular flexibility index (Phi) is 7.36. The molecule has 0 saturated carbocycles. The van der Waals surface area contributed by atoms with Crippen molar-refractivity contribution in [1.29, 1.82) is 0 Å². The van der Waals surface area contributed by atoms with Gasteiger partial charge >= 0.3 is 5.97 Å². The maximum Gasteiger partial charge on any atom is 0.307 e. The van der Waals surface area contributed by atoms with Gasteiger partial charge in [-0.1, -0.05) is 35.1 Å². The molecule has 1 aliphatic heterocycles. The Morgan fingerprint density at radius 2 is 1.81 bits per heavy atom. The second-order valence-corrected chi connectivity index (χ2v) is 11.3. The average Bonchev–Trinajstić information content (AvgIpc) is 3.37. The minimum atomic E-state index is -0.854. The zero-order chi connectivity index (χ0) is 26.2. The van der Waals surface area contributed by atoms with Gasteiger partial charge in [0, 0.05) is 23.7 Å². The number of nitrogens with zero attached hydrogens (tertiary/aromatic N) is 5. The Morgan fingerprint density at radius 1 is 1.14 bits per heavy atom. The molecule has 0 spiro atoms. The number of carbonyl (C=O) groups is 1. The highest BCUT2D eigenvalue weighted by molar-refractivity contribution is 7.22. The number of aliphatic hydroxyl groups is 1. The highest BCUT2D eigenvalue weighted by Crippen LogP contribution is 2.41. The standard InChI is InChI=1S/C22H20ClN5O2S.C4H10O/c1-12-9-17-21(20(16(12)10-19(29)30)14-3-5-15(23)6-4-14)31-22(24-17)27-7-8-28-13(2)25-26-18(28)11-27;1-4(2,3)5/h3-6,9H,7-8,10-11H2,1-2H3,(H,29,30);5H,1-3H3. The molecule has 0 saturated heterocycles. The molecule has 2 N–H and O–H groups in total. The van der Waals surface area contributed by atoms with Gasteiger partial charge in [-0.3, -0.25) is 4.79 Å². The summed E-state index contributed by atoms with van der Waals surface area (Å²) in [5.74, 6) is 1.01. The first-order valence-electron chi connectivity index (χ1n) is 11.7. The van der Waals surface area contributed by atoms with Gasteiger partial charge < -0.3 is 19.7 Å². The van der Waals surface area contributed by atoms with Gasteiger partial charge in [0.1, 0.15) is 5.82 Å². The number of carboxylic acids is 1. The molecule has 190 valence electrons. The maximum atomic E-state index is 11.6. The fourth-order valence-corrected chi connectivity index (χ4v) is 5.42. The molecule has 2 aromatic heterocycles. The van der Waals surface area contributed by atoms with Crippen LogP contribution in [0.5, 0.6) is 0 Å². The number of anilines is 1. The third-order valence-corrected chi connectivity index (χ3v) is 7.07. The summed E-state index contributed by atoms with van der Waals surface area (Å²) in [6.45, 7) is 11.4. The normalized spacial score (nSPS) is 13.4. The second kappa shape index (κ2) is 10.2. The summed E-state index contributed by atoms with van der Waals surface area (Å²) in [5, 5.41) is 28.1. The smallest absolute Gasteiger partial charge is 0.307 e. The van der Waals surface area contributed by atoms with Gasteiger partial charge in [0.25, 0.3) is 0 Å². The van der Waals surface area contributed by atoms with E-state index in [2.05, 4.69) is 19.7 Å². The molecule has 4 aromatic rings. The number of fused-ring (bicyclic) bond motifs is 2. The summed E-state index contributed by atoms with van der Waals surface area (Å²) >= 11 is 7.69. The van der Waals surface area contributed by atoms with Crippen LogP contribution in [0.15, 0.2) is 30.3 Å². The maximum absolute atomic E-state index is 11.6. The van der Waals surface area contributed by atoms with Crippen LogP contribution in [0, 0.1) is 13.8 Å². The Morgan fingerprint density at radius 3 is 2.44 bits per heavy atom. The molecule has 2 aromatic carbocycles. The van der Waals surface area contributed by atoms with Crippen molar-refractivity contribution in [2.45, 2.75) is 59.7 Å². The van der Waals surface area contributed by atoms with E-state index in [1.165, 1.54) is 0 Å². The molecule has 36 heavy (non-hydrogen) atoms. The molecular weight excluding hydrogens is 498 g/mol. The lowest BCUT2D eigenvalue weighted by Crippen LogP contribution is -2.34. The van der Waals surface area contributed by atoms with Crippen LogP contribution in [0.1, 0.15) is 43.5 Å². The summed E-state index contributed by atoms with van der Waals surface area (Å²) < 4.78 is 3.13. The summed E-state index contributed by atoms with van der Waals surface area (Å²) in [5.41, 5.74) is 3.98. The van der Waals surface area contributed by atoms with Gasteiger partial charge in [-0.05, 0) is 69.5 Å². The highest BCUT2D eigenvalue weighted by atomic mass is 35.5. The van der Waals surface area contributed by atoms with E-state index >= 15 is 0 Å². The van der Waals surface area contributed by atoms with E-state index in [0.717, 1.165) is 62.3 Å². The first-order valence-corrected chi connectivity index (χ1v) is 12.9. The molecule has 0 aliphatic carbocycles. The number of carboxylic acid groups (broad SMARTS) is 1. The van der Waals surface area contributed by atoms with E-state index in [-0.39, 0.29) is 6.42 Å². The van der Waals surface area contributed by atoms with Crippen LogP contribution in [0.3, 0.4) is 0 Å². The van der Waals surface area contributed by atoms with Gasteiger partial charge in [-0.15, -0.1) is 10.2 Å². The molecule has 1 aliphatic rings. The monoisotopic (exact) mass is 527 g/mol. The summed E-state index contributed by atoms with van der Waals surface area (Å²) in [6, 6.07) is 9.53. The molecule has 0 unspecified atom stereocenters. The predicted molar refractivity (Wildman–Crippen MR) is 144 cm³/mol. The lowest BCUT2D eigenvalue weighted by atomic mass is 9.93. The van der Waals surface area contributed by atoms with Crippen molar-refractivity contribution >= 4 is 44.3 Å². The van der Waals surface area contributed by atoms with E-state index in [4.69, 9.17) is 21.7 Å². The lowest BCUT2D eigenvalue weighted by Gasteiger charge is -2.26. The van der Waals surface area contributed by atoms with E-state index < -0.39 is 11.6 Å². The third-order valence-electron chi connectivity index (χ3n) is 5.67. The van der Waals surface area contributed by atoms with Crippen LogP contribution in [0.2, 0.25) is 5.02 Å². The van der Waals surface area contributed by atoms with Crippen LogP contribution >= 0.6 is 22.9 Å². The SMILES string of the molecule is CC(C)(C)O.Cc1cc2nc(N3CCn4c(C)nnc4C3)sc2c(-c2ccc(Cl)cc2)c1CC(=O)O. The minimum absolute atomic E-state index is 0.0426. The van der Waals surface area contributed by atoms with Gasteiger partial charge in [0.05, 0.1) is 28.8 Å². The zero-order valence-electron chi connectivity index (χ0n) is 21.0. The number of aryl methyl sites for hydroxylation is 2. The first kappa shape index (κ1) is 26.1. The van der Waals surface area contributed by atoms with Gasteiger partial charge in [-0.2, -0.15) is 0 Å². The van der Waals surface area contributed by atoms with Crippen molar-refractivity contribution in [3.8, 4) is 11.1 Å². The Bertz CT molecular complexity index is 1400. The Labute approximate surface area is 219 Å². The predicted octanol–water partition coefficient (Wildman–Crippen LogP) is 5.25. The molecule has 0 bridgehead atoms. The number of benzene rings is 2. The van der Waals surface area contributed by atoms with Gasteiger partial charge in [-0.25, -0.2) is 4.98 Å². The second-order valence-electron chi connectivity index (χ2n) is 9.88. The number of aliphatic carboxylic acids is 1. The lowest BCUT2D eigenvalue weighted by molar-refractivity contribution is -0.136. The molecule has 0 radical (unpaired) electrons. The van der Waals surface area contributed by atoms with Crippen LogP contribution in [-0.4, -0.2) is 48.1 Å². The summed E-state index contributed by atoms with van der Waals surface area (Å²) in [4.78, 5) is 18.7. The number of rotatable bonds is 4. The van der Waals surface area contributed by atoms with Crippen LogP contribution in [0.25, 0.3) is 21.3 Å². The number of halogens is 1. The van der Waals surface area contributed by atoms with Crippen LogP contribution < -0.4 is 4.90 Å². The van der Waals surface area contributed by atoms with Crippen molar-refractivity contribution in [1.82, 2.24) is 19.7 Å². The quantitative estimate of drug-likeness (QED) is 0.373. The summed E-state index contributed by atoms with van der Waals surface area (Å²) in [7, 11) is 0. The molecule has 10 heteroatoms. The fraction of sp³-hybridized carbons (Fsp3) is 0.385.